The van der Waals surface area contributed by atoms with Gasteiger partial charge in [0.05, 0.1) is 27.3 Å². The molecule has 0 fully saturated rings. The zero-order valence-corrected chi connectivity index (χ0v) is 19.6. The lowest BCUT2D eigenvalue weighted by Gasteiger charge is -2.15. The van der Waals surface area contributed by atoms with Gasteiger partial charge >= 0.3 is 24.1 Å². The second kappa shape index (κ2) is 12.0. The Morgan fingerprint density at radius 1 is 0.725 bits per heavy atom. The van der Waals surface area contributed by atoms with Crippen LogP contribution in [0.1, 0.15) is 54.3 Å². The number of carboxylic acid groups (broad SMARTS) is 4. The van der Waals surface area contributed by atoms with E-state index in [2.05, 4.69) is 0 Å². The summed E-state index contributed by atoms with van der Waals surface area (Å²) in [6.07, 6.45) is -5.16. The van der Waals surface area contributed by atoms with Crippen LogP contribution in [-0.2, 0) is 0 Å². The van der Waals surface area contributed by atoms with Gasteiger partial charge in [0.2, 0.25) is 0 Å². The number of amides is 2. The molecular weight excluding hydrogens is 546 g/mol. The van der Waals surface area contributed by atoms with Gasteiger partial charge in [-0.2, -0.15) is 0 Å². The highest BCUT2D eigenvalue weighted by Gasteiger charge is 2.35. The molecule has 40 heavy (non-hydrogen) atoms. The fraction of sp³-hybridized carbons (Fsp3) is 0.143. The largest absolute Gasteiger partial charge is 0.478 e. The van der Waals surface area contributed by atoms with Crippen LogP contribution in [0.25, 0.3) is 0 Å². The lowest BCUT2D eigenvalue weighted by Crippen LogP contribution is -2.33. The number of hydrogen-bond acceptors (Lipinski definition) is 11. The summed E-state index contributed by atoms with van der Waals surface area (Å²) in [5.41, 5.74) is -2.02. The molecule has 1 atom stereocenters. The van der Waals surface area contributed by atoms with E-state index in [1.807, 2.05) is 0 Å². The van der Waals surface area contributed by atoms with E-state index in [9.17, 15) is 59.2 Å². The van der Waals surface area contributed by atoms with Crippen LogP contribution >= 0.6 is 0 Å². The van der Waals surface area contributed by atoms with Gasteiger partial charge in [-0.3, -0.25) is 40.5 Å². The molecule has 1 unspecified atom stereocenters. The number of anilines is 2. The van der Waals surface area contributed by atoms with Gasteiger partial charge < -0.3 is 26.2 Å². The van der Waals surface area contributed by atoms with Crippen molar-refractivity contribution in [2.24, 2.45) is 5.73 Å². The maximum absolute atomic E-state index is 13.1. The number of aromatic carboxylic acids is 2. The normalized spacial score (nSPS) is 11.1. The van der Waals surface area contributed by atoms with Gasteiger partial charge in [-0.05, 0) is 18.6 Å². The highest BCUT2D eigenvalue weighted by molar-refractivity contribution is 6.15. The monoisotopic (exact) mass is 563 g/mol. The molecule has 19 nitrogen and oxygen atoms in total. The third-order valence-corrected chi connectivity index (χ3v) is 5.22. The number of carbonyl (C=O) groups excluding carboxylic acids is 2. The van der Waals surface area contributed by atoms with Crippen molar-refractivity contribution in [2.75, 3.05) is 10.6 Å². The van der Waals surface area contributed by atoms with Gasteiger partial charge in [0.15, 0.2) is 11.6 Å². The molecule has 0 saturated heterocycles. The van der Waals surface area contributed by atoms with Gasteiger partial charge in [0, 0.05) is 18.6 Å². The Morgan fingerprint density at radius 3 is 1.50 bits per heavy atom. The first-order valence-electron chi connectivity index (χ1n) is 10.5. The Kier molecular flexibility index (Phi) is 9.11. The van der Waals surface area contributed by atoms with Crippen molar-refractivity contribution in [3.8, 4) is 0 Å². The molecule has 0 radical (unpaired) electrons. The van der Waals surface area contributed by atoms with Crippen molar-refractivity contribution in [2.45, 2.75) is 18.9 Å². The number of nitrogens with two attached hydrogens (primary N) is 1. The van der Waals surface area contributed by atoms with E-state index in [0.29, 0.717) is 12.1 Å². The number of nitrogens with zero attached hydrogens (tertiary/aromatic N) is 2. The molecule has 0 aromatic heterocycles. The second-order valence-electron chi connectivity index (χ2n) is 7.68. The van der Waals surface area contributed by atoms with Crippen LogP contribution in [0.5, 0.6) is 0 Å². The molecule has 0 aliphatic heterocycles. The average Bonchev–Trinajstić information content (AvgIpc) is 2.84. The van der Waals surface area contributed by atoms with Crippen molar-refractivity contribution in [3.05, 3.63) is 66.7 Å². The first kappa shape index (κ1) is 30.2. The molecule has 2 amide bonds. The summed E-state index contributed by atoms with van der Waals surface area (Å²) >= 11 is 0. The molecule has 2 rings (SSSR count). The van der Waals surface area contributed by atoms with E-state index in [-0.39, 0.29) is 0 Å². The smallest absolute Gasteiger partial charge is 0.409 e. The fourth-order valence-corrected chi connectivity index (χ4v) is 3.63. The van der Waals surface area contributed by atoms with Gasteiger partial charge in [0.25, 0.3) is 11.4 Å². The lowest BCUT2D eigenvalue weighted by atomic mass is 9.91. The van der Waals surface area contributed by atoms with Gasteiger partial charge in [-0.1, -0.05) is 0 Å². The molecule has 0 bridgehead atoms. The van der Waals surface area contributed by atoms with Crippen LogP contribution in [0.15, 0.2) is 24.3 Å². The first-order valence-corrected chi connectivity index (χ1v) is 10.5. The molecule has 0 spiro atoms. The van der Waals surface area contributed by atoms with Gasteiger partial charge in [-0.25, -0.2) is 19.2 Å². The average molecular weight is 563 g/mol. The highest BCUT2D eigenvalue weighted by Crippen LogP contribution is 2.33. The van der Waals surface area contributed by atoms with Gasteiger partial charge in [-0.15, -0.1) is 0 Å². The van der Waals surface area contributed by atoms with Crippen molar-refractivity contribution < 1.29 is 59.0 Å². The number of carbonyl (C=O) groups is 6. The minimum Gasteiger partial charge on any atom is -0.478 e. The zero-order valence-electron chi connectivity index (χ0n) is 19.6. The minimum atomic E-state index is -1.94. The molecule has 210 valence electrons. The van der Waals surface area contributed by atoms with Crippen molar-refractivity contribution >= 4 is 58.4 Å². The number of rotatable bonds is 12. The van der Waals surface area contributed by atoms with E-state index >= 15 is 0 Å². The number of nitro groups is 2. The molecule has 2 aromatic carbocycles. The number of nitrogens with one attached hydrogen (secondary N) is 2. The maximum Gasteiger partial charge on any atom is 0.409 e. The topological polar surface area (TPSA) is 320 Å². The van der Waals surface area contributed by atoms with E-state index < -0.39 is 109 Å². The molecule has 0 aliphatic carbocycles. The number of ketones is 2. The van der Waals surface area contributed by atoms with Crippen LogP contribution in [0.3, 0.4) is 0 Å². The standard InChI is InChI=1S/C21H17N5O14/c22-7(17(28)16-11(26(39)40)5-3-9(24-21(35)36)14(16)19(31)32)1-6-12(27)15-10(25(37)38)4-2-8(23-20(33)34)13(15)18(29)30/h2-5,7,23-24H,1,6,22H2,(H,29,30)(H,31,32)(H,33,34)(H,35,36). The van der Waals surface area contributed by atoms with Crippen molar-refractivity contribution in [1.82, 2.24) is 0 Å². The zero-order chi connectivity index (χ0) is 30.5. The summed E-state index contributed by atoms with van der Waals surface area (Å²) in [7, 11) is 0. The number of hydrogen-bond donors (Lipinski definition) is 7. The quantitative estimate of drug-likeness (QED) is 0.111. The van der Waals surface area contributed by atoms with Crippen molar-refractivity contribution in [1.29, 1.82) is 0 Å². The van der Waals surface area contributed by atoms with E-state index in [1.165, 1.54) is 0 Å². The number of Topliss-reactive ketones (excluding diaryl/α,β-unsaturated/α-hetero) is 2. The van der Waals surface area contributed by atoms with E-state index in [4.69, 9.17) is 15.9 Å². The Labute approximate surface area is 220 Å². The minimum absolute atomic E-state index is 0.645. The third-order valence-electron chi connectivity index (χ3n) is 5.22. The summed E-state index contributed by atoms with van der Waals surface area (Å²) in [6, 6.07) is 0.901. The fourth-order valence-electron chi connectivity index (χ4n) is 3.63. The second-order valence-corrected chi connectivity index (χ2v) is 7.68. The first-order chi connectivity index (χ1) is 18.6. The maximum atomic E-state index is 13.1. The van der Waals surface area contributed by atoms with Crippen LogP contribution in [-0.4, -0.2) is 72.0 Å². The highest BCUT2D eigenvalue weighted by atomic mass is 16.6. The van der Waals surface area contributed by atoms with Crippen LogP contribution in [0.2, 0.25) is 0 Å². The van der Waals surface area contributed by atoms with Crippen LogP contribution < -0.4 is 16.4 Å². The molecule has 2 aromatic rings. The Balaban J connectivity index is 2.54. The third kappa shape index (κ3) is 6.47. The molecular formula is C21H17N5O14. The molecule has 0 saturated carbocycles. The molecule has 0 aliphatic rings. The number of benzene rings is 2. The van der Waals surface area contributed by atoms with E-state index in [1.54, 1.807) is 10.6 Å². The Hall–Kier alpha value is -5.98. The van der Waals surface area contributed by atoms with Crippen LogP contribution in [0.4, 0.5) is 32.3 Å². The van der Waals surface area contributed by atoms with Crippen LogP contribution in [0, 0.1) is 20.2 Å². The summed E-state index contributed by atoms with van der Waals surface area (Å²) in [5.74, 6) is -6.56. The van der Waals surface area contributed by atoms with E-state index in [0.717, 1.165) is 12.1 Å². The Bertz CT molecular complexity index is 1480. The number of nitro benzene ring substituents is 2. The summed E-state index contributed by atoms with van der Waals surface area (Å²) in [6.45, 7) is 0. The predicted octanol–water partition coefficient (Wildman–Crippen LogP) is 2.25. The summed E-state index contributed by atoms with van der Waals surface area (Å²) in [5, 5.41) is 63.2. The summed E-state index contributed by atoms with van der Waals surface area (Å²) < 4.78 is 0. The van der Waals surface area contributed by atoms with Gasteiger partial charge in [0.1, 0.15) is 22.3 Å². The predicted molar refractivity (Wildman–Crippen MR) is 129 cm³/mol. The SMILES string of the molecule is NC(CCC(=O)c1c([N+](=O)[O-])ccc(NC(=O)O)c1C(=O)O)C(=O)c1c([N+](=O)[O-])ccc(NC(=O)O)c1C(=O)O. The lowest BCUT2D eigenvalue weighted by molar-refractivity contribution is -0.385. The Morgan fingerprint density at radius 2 is 1.12 bits per heavy atom. The molecule has 8 N–H and O–H groups in total. The molecule has 19 heteroatoms. The summed E-state index contributed by atoms with van der Waals surface area (Å²) in [4.78, 5) is 92.3. The molecule has 0 heterocycles. The number of carboxylic acids is 2. The van der Waals surface area contributed by atoms with Crippen molar-refractivity contribution in [3.63, 3.8) is 0 Å².